The van der Waals surface area contributed by atoms with Crippen LogP contribution in [0.25, 0.3) is 5.76 Å². The van der Waals surface area contributed by atoms with Crippen molar-refractivity contribution in [3.8, 4) is 5.75 Å². The molecule has 0 saturated heterocycles. The number of Topliss-reactive ketones (excluding diaryl/α,β-unsaturated/α-hetero) is 1. The summed E-state index contributed by atoms with van der Waals surface area (Å²) in [5.41, 5.74) is 0.342. The first-order valence-electron chi connectivity index (χ1n) is 10.2. The molecule has 0 radical (unpaired) electrons. The molecule has 8 heteroatoms. The van der Waals surface area contributed by atoms with Gasteiger partial charge in [-0.15, -0.1) is 0 Å². The second-order valence-electron chi connectivity index (χ2n) is 7.13. The molecule has 0 unspecified atom stereocenters. The average molecular weight is 464 g/mol. The summed E-state index contributed by atoms with van der Waals surface area (Å²) in [7, 11) is -2.62. The van der Waals surface area contributed by atoms with Gasteiger partial charge in [-0.25, -0.2) is 13.2 Å². The number of hydrogen-bond acceptors (Lipinski definition) is 6. The Labute approximate surface area is 191 Å². The van der Waals surface area contributed by atoms with Crippen molar-refractivity contribution < 1.29 is 27.5 Å². The van der Waals surface area contributed by atoms with Crippen molar-refractivity contribution in [1.82, 2.24) is 4.31 Å². The Balaban J connectivity index is 1.95. The summed E-state index contributed by atoms with van der Waals surface area (Å²) >= 11 is 0. The number of rotatable bonds is 6. The Bertz CT molecular complexity index is 1360. The number of fused-ring (bicyclic) bond motifs is 1. The molecule has 0 aliphatic carbocycles. The molecule has 3 aromatic carbocycles. The SMILES string of the molecule is CCN1C(C(=O)c2ccccc2)=C(OC(=O)c2ccccc2OC)c2ccccc2S1(=O)=O. The topological polar surface area (TPSA) is 90.0 Å². The van der Waals surface area contributed by atoms with E-state index < -0.39 is 21.8 Å². The van der Waals surface area contributed by atoms with Gasteiger partial charge in [-0.05, 0) is 31.2 Å². The quantitative estimate of drug-likeness (QED) is 0.403. The Morgan fingerprint density at radius 1 is 0.879 bits per heavy atom. The highest BCUT2D eigenvalue weighted by Gasteiger charge is 2.41. The molecule has 1 aliphatic heterocycles. The lowest BCUT2D eigenvalue weighted by Crippen LogP contribution is -2.38. The lowest BCUT2D eigenvalue weighted by Gasteiger charge is -2.32. The molecule has 1 heterocycles. The minimum absolute atomic E-state index is 0.0275. The molecule has 0 aromatic heterocycles. The predicted octanol–water partition coefficient (Wildman–Crippen LogP) is 4.13. The molecule has 0 saturated carbocycles. The fraction of sp³-hybridized carbons (Fsp3) is 0.120. The smallest absolute Gasteiger partial charge is 0.347 e. The second kappa shape index (κ2) is 8.91. The van der Waals surface area contributed by atoms with Gasteiger partial charge in [0.05, 0.1) is 12.0 Å². The van der Waals surface area contributed by atoms with E-state index in [9.17, 15) is 18.0 Å². The average Bonchev–Trinajstić information content (AvgIpc) is 2.85. The Morgan fingerprint density at radius 2 is 1.52 bits per heavy atom. The van der Waals surface area contributed by atoms with Crippen LogP contribution in [-0.4, -0.2) is 38.1 Å². The van der Waals surface area contributed by atoms with Crippen LogP contribution in [0.2, 0.25) is 0 Å². The number of para-hydroxylation sites is 1. The number of allylic oxidation sites excluding steroid dienone is 1. The van der Waals surface area contributed by atoms with Gasteiger partial charge in [0.25, 0.3) is 10.0 Å². The number of sulfonamides is 1. The number of methoxy groups -OCH3 is 1. The zero-order chi connectivity index (χ0) is 23.6. The second-order valence-corrected chi connectivity index (χ2v) is 8.96. The predicted molar refractivity (Wildman–Crippen MR) is 122 cm³/mol. The summed E-state index contributed by atoms with van der Waals surface area (Å²) in [6.45, 7) is 1.59. The standard InChI is InChI=1S/C25H21NO6S/c1-3-26-22(23(27)17-11-5-4-6-12-17)24(19-14-8-10-16-21(19)33(26,29)30)32-25(28)18-13-7-9-15-20(18)31-2/h4-16H,3H2,1-2H3. The van der Waals surface area contributed by atoms with Gasteiger partial charge in [0.15, 0.2) is 5.76 Å². The fourth-order valence-electron chi connectivity index (χ4n) is 3.69. The van der Waals surface area contributed by atoms with Crippen LogP contribution in [-0.2, 0) is 14.8 Å². The lowest BCUT2D eigenvalue weighted by molar-refractivity contribution is 0.0682. The van der Waals surface area contributed by atoms with Crippen LogP contribution in [0.5, 0.6) is 5.75 Å². The third-order valence-corrected chi connectivity index (χ3v) is 7.16. The highest BCUT2D eigenvalue weighted by Crippen LogP contribution is 2.39. The van der Waals surface area contributed by atoms with Crippen molar-refractivity contribution in [2.75, 3.05) is 13.7 Å². The maximum Gasteiger partial charge on any atom is 0.347 e. The molecule has 3 aromatic rings. The third-order valence-electron chi connectivity index (χ3n) is 5.22. The molecule has 0 atom stereocenters. The first kappa shape index (κ1) is 22.3. The third kappa shape index (κ3) is 3.89. The summed E-state index contributed by atoms with van der Waals surface area (Å²) in [5.74, 6) is -1.17. The van der Waals surface area contributed by atoms with Crippen molar-refractivity contribution in [1.29, 1.82) is 0 Å². The van der Waals surface area contributed by atoms with Crippen LogP contribution >= 0.6 is 0 Å². The highest BCUT2D eigenvalue weighted by atomic mass is 32.2. The number of benzene rings is 3. The van der Waals surface area contributed by atoms with Gasteiger partial charge in [0.2, 0.25) is 5.78 Å². The Hall–Kier alpha value is -3.91. The molecule has 0 amide bonds. The monoisotopic (exact) mass is 463 g/mol. The molecule has 0 bridgehead atoms. The van der Waals surface area contributed by atoms with Gasteiger partial charge in [-0.3, -0.25) is 9.10 Å². The minimum atomic E-state index is -4.04. The molecule has 0 fully saturated rings. The van der Waals surface area contributed by atoms with Crippen molar-refractivity contribution >= 4 is 27.5 Å². The highest BCUT2D eigenvalue weighted by molar-refractivity contribution is 7.89. The van der Waals surface area contributed by atoms with Gasteiger partial charge in [0.1, 0.15) is 17.0 Å². The number of ketones is 1. The number of likely N-dealkylation sites (N-methyl/N-ethyl adjacent to an activating group) is 1. The number of esters is 1. The number of hydrogen-bond donors (Lipinski definition) is 0. The van der Waals surface area contributed by atoms with Crippen LogP contribution in [0.3, 0.4) is 0 Å². The van der Waals surface area contributed by atoms with E-state index >= 15 is 0 Å². The van der Waals surface area contributed by atoms with E-state index in [1.165, 1.54) is 25.3 Å². The Kier molecular flexibility index (Phi) is 6.02. The molecule has 4 rings (SSSR count). The van der Waals surface area contributed by atoms with E-state index in [1.54, 1.807) is 67.6 Å². The van der Waals surface area contributed by atoms with Gasteiger partial charge in [-0.1, -0.05) is 54.6 Å². The van der Waals surface area contributed by atoms with Crippen molar-refractivity contribution in [3.05, 3.63) is 101 Å². The number of ether oxygens (including phenoxy) is 2. The summed E-state index contributed by atoms with van der Waals surface area (Å²) in [6, 6.07) is 20.9. The number of carbonyl (C=O) groups is 2. The van der Waals surface area contributed by atoms with E-state index in [4.69, 9.17) is 9.47 Å². The van der Waals surface area contributed by atoms with Gasteiger partial charge in [0, 0.05) is 17.7 Å². The summed E-state index contributed by atoms with van der Waals surface area (Å²) in [6.07, 6.45) is 0. The zero-order valence-corrected chi connectivity index (χ0v) is 18.8. The summed E-state index contributed by atoms with van der Waals surface area (Å²) in [4.78, 5) is 26.6. The Morgan fingerprint density at radius 3 is 2.21 bits per heavy atom. The normalized spacial score (nSPS) is 14.4. The van der Waals surface area contributed by atoms with Gasteiger partial charge >= 0.3 is 5.97 Å². The zero-order valence-electron chi connectivity index (χ0n) is 18.0. The maximum absolute atomic E-state index is 13.5. The minimum Gasteiger partial charge on any atom is -0.496 e. The molecule has 0 spiro atoms. The van der Waals surface area contributed by atoms with Crippen LogP contribution in [0.4, 0.5) is 0 Å². The van der Waals surface area contributed by atoms with Crippen molar-refractivity contribution in [2.45, 2.75) is 11.8 Å². The van der Waals surface area contributed by atoms with Crippen LogP contribution < -0.4 is 4.74 Å². The van der Waals surface area contributed by atoms with Gasteiger partial charge < -0.3 is 9.47 Å². The van der Waals surface area contributed by atoms with Crippen molar-refractivity contribution in [3.63, 3.8) is 0 Å². The fourth-order valence-corrected chi connectivity index (χ4v) is 5.37. The van der Waals surface area contributed by atoms with E-state index in [0.717, 1.165) is 4.31 Å². The molecular weight excluding hydrogens is 442 g/mol. The first-order chi connectivity index (χ1) is 15.9. The van der Waals surface area contributed by atoms with E-state index in [1.807, 2.05) is 0 Å². The molecule has 1 aliphatic rings. The maximum atomic E-state index is 13.5. The summed E-state index contributed by atoms with van der Waals surface area (Å²) < 4.78 is 38.7. The molecule has 0 N–H and O–H groups in total. The van der Waals surface area contributed by atoms with E-state index in [-0.39, 0.29) is 39.6 Å². The molecule has 7 nitrogen and oxygen atoms in total. The lowest BCUT2D eigenvalue weighted by atomic mass is 10.0. The van der Waals surface area contributed by atoms with Crippen LogP contribution in [0, 0.1) is 0 Å². The molecule has 33 heavy (non-hydrogen) atoms. The first-order valence-corrected chi connectivity index (χ1v) is 11.7. The van der Waals surface area contributed by atoms with Gasteiger partial charge in [-0.2, -0.15) is 0 Å². The van der Waals surface area contributed by atoms with Crippen LogP contribution in [0.1, 0.15) is 33.2 Å². The summed E-state index contributed by atoms with van der Waals surface area (Å²) in [5, 5.41) is 0. The number of nitrogens with zero attached hydrogens (tertiary/aromatic N) is 1. The number of carbonyl (C=O) groups excluding carboxylic acids is 2. The van der Waals surface area contributed by atoms with E-state index in [0.29, 0.717) is 5.75 Å². The van der Waals surface area contributed by atoms with Crippen LogP contribution in [0.15, 0.2) is 89.5 Å². The largest absolute Gasteiger partial charge is 0.496 e. The van der Waals surface area contributed by atoms with Crippen molar-refractivity contribution in [2.24, 2.45) is 0 Å². The molecule has 168 valence electrons. The van der Waals surface area contributed by atoms with E-state index in [2.05, 4.69) is 0 Å². The molecular formula is C25H21NO6S.